The summed E-state index contributed by atoms with van der Waals surface area (Å²) in [6.07, 6.45) is 3.51. The lowest BCUT2D eigenvalue weighted by Crippen LogP contribution is -2.44. The van der Waals surface area contributed by atoms with Gasteiger partial charge in [-0.25, -0.2) is 0 Å². The molecule has 6 heteroatoms. The minimum Gasteiger partial charge on any atom is -0.338 e. The van der Waals surface area contributed by atoms with Crippen molar-refractivity contribution in [1.29, 1.82) is 0 Å². The van der Waals surface area contributed by atoms with E-state index < -0.39 is 0 Å². The van der Waals surface area contributed by atoms with Gasteiger partial charge in [-0.15, -0.1) is 0 Å². The lowest BCUT2D eigenvalue weighted by atomic mass is 10.3. The summed E-state index contributed by atoms with van der Waals surface area (Å²) in [5.41, 5.74) is 0.303. The number of nitrogens with one attached hydrogen (secondary N) is 1. The Balaban J connectivity index is 2.16. The van der Waals surface area contributed by atoms with Gasteiger partial charge in [-0.3, -0.25) is 14.6 Å². The highest BCUT2D eigenvalue weighted by Crippen LogP contribution is 2.18. The summed E-state index contributed by atoms with van der Waals surface area (Å²) in [5, 5.41) is 3.10. The van der Waals surface area contributed by atoms with Crippen molar-refractivity contribution in [2.75, 3.05) is 6.54 Å². The second-order valence-corrected chi connectivity index (χ2v) is 4.24. The Morgan fingerprint density at radius 1 is 1.65 bits per heavy atom. The number of halogens is 1. The van der Waals surface area contributed by atoms with Crippen LogP contribution in [0.5, 0.6) is 0 Å². The predicted molar refractivity (Wildman–Crippen MR) is 62.5 cm³/mol. The van der Waals surface area contributed by atoms with Gasteiger partial charge in [-0.2, -0.15) is 0 Å². The monoisotopic (exact) mass is 253 g/mol. The molecule has 1 aliphatic heterocycles. The molecule has 1 aliphatic rings. The molecule has 1 saturated heterocycles. The zero-order valence-corrected chi connectivity index (χ0v) is 9.85. The van der Waals surface area contributed by atoms with Crippen LogP contribution in [0.3, 0.4) is 0 Å². The molecule has 1 aromatic rings. The van der Waals surface area contributed by atoms with Crippen molar-refractivity contribution in [3.63, 3.8) is 0 Å². The molecule has 0 radical (unpaired) electrons. The number of carbonyl (C=O) groups excluding carboxylic acids is 2. The number of amides is 2. The van der Waals surface area contributed by atoms with Crippen LogP contribution >= 0.6 is 11.6 Å². The number of nitrogens with zero attached hydrogens (tertiary/aromatic N) is 2. The first-order valence-electron chi connectivity index (χ1n) is 5.34. The maximum Gasteiger partial charge on any atom is 0.274 e. The molecule has 2 heterocycles. The van der Waals surface area contributed by atoms with Gasteiger partial charge < -0.3 is 10.2 Å². The quantitative estimate of drug-likeness (QED) is 0.819. The van der Waals surface area contributed by atoms with Gasteiger partial charge in [0.05, 0.1) is 0 Å². The first-order valence-corrected chi connectivity index (χ1v) is 5.72. The second kappa shape index (κ2) is 5.14. The average molecular weight is 254 g/mol. The fourth-order valence-corrected chi connectivity index (χ4v) is 2.09. The first kappa shape index (κ1) is 11.9. The van der Waals surface area contributed by atoms with E-state index in [0.717, 1.165) is 12.8 Å². The minimum atomic E-state index is -0.235. The number of likely N-dealkylation sites (tertiary alicyclic amines) is 1. The molecule has 1 N–H and O–H groups in total. The maximum atomic E-state index is 12.1. The molecule has 90 valence electrons. The van der Waals surface area contributed by atoms with Crippen LogP contribution in [0.4, 0.5) is 0 Å². The van der Waals surface area contributed by atoms with Crippen LogP contribution in [0, 0.1) is 0 Å². The summed E-state index contributed by atoms with van der Waals surface area (Å²) in [7, 11) is 0. The summed E-state index contributed by atoms with van der Waals surface area (Å²) >= 11 is 5.81. The van der Waals surface area contributed by atoms with Crippen LogP contribution in [-0.4, -0.2) is 34.9 Å². The smallest absolute Gasteiger partial charge is 0.274 e. The third-order valence-corrected chi connectivity index (χ3v) is 2.95. The van der Waals surface area contributed by atoms with Crippen LogP contribution in [0.2, 0.25) is 5.02 Å². The largest absolute Gasteiger partial charge is 0.338 e. The average Bonchev–Trinajstić information content (AvgIpc) is 2.77. The predicted octanol–water partition coefficient (Wildman–Crippen LogP) is 1.04. The van der Waals surface area contributed by atoms with Crippen molar-refractivity contribution >= 4 is 23.9 Å². The van der Waals surface area contributed by atoms with Crippen LogP contribution in [0.15, 0.2) is 18.3 Å². The summed E-state index contributed by atoms with van der Waals surface area (Å²) in [6, 6.07) is 3.14. The molecule has 0 aliphatic carbocycles. The van der Waals surface area contributed by atoms with Crippen molar-refractivity contribution in [2.45, 2.75) is 19.0 Å². The highest BCUT2D eigenvalue weighted by Gasteiger charge is 2.29. The Morgan fingerprint density at radius 2 is 2.47 bits per heavy atom. The van der Waals surface area contributed by atoms with E-state index in [4.69, 9.17) is 11.6 Å². The van der Waals surface area contributed by atoms with Gasteiger partial charge in [0.25, 0.3) is 5.91 Å². The van der Waals surface area contributed by atoms with Crippen molar-refractivity contribution < 1.29 is 9.59 Å². The van der Waals surface area contributed by atoms with E-state index in [2.05, 4.69) is 10.3 Å². The molecule has 0 bridgehead atoms. The summed E-state index contributed by atoms with van der Waals surface area (Å²) in [6.45, 7) is 0.624. The van der Waals surface area contributed by atoms with Crippen LogP contribution in [0.1, 0.15) is 23.3 Å². The van der Waals surface area contributed by atoms with E-state index in [-0.39, 0.29) is 12.1 Å². The number of rotatable bonds is 3. The molecule has 1 unspecified atom stereocenters. The molecule has 1 atom stereocenters. The summed E-state index contributed by atoms with van der Waals surface area (Å²) in [4.78, 5) is 28.2. The molecule has 2 rings (SSSR count). The summed E-state index contributed by atoms with van der Waals surface area (Å²) in [5.74, 6) is -0.204. The molecule has 1 aromatic heterocycles. The Hall–Kier alpha value is -1.62. The first-order chi connectivity index (χ1) is 8.22. The molecule has 2 amide bonds. The molecule has 1 fully saturated rings. The molecule has 5 nitrogen and oxygen atoms in total. The number of aromatic nitrogens is 1. The lowest BCUT2D eigenvalue weighted by molar-refractivity contribution is -0.110. The molecule has 0 aromatic carbocycles. The van der Waals surface area contributed by atoms with Crippen molar-refractivity contribution in [3.8, 4) is 0 Å². The molecule has 17 heavy (non-hydrogen) atoms. The van der Waals surface area contributed by atoms with E-state index >= 15 is 0 Å². The molecule has 0 spiro atoms. The summed E-state index contributed by atoms with van der Waals surface area (Å²) < 4.78 is 0. The van der Waals surface area contributed by atoms with E-state index in [9.17, 15) is 9.59 Å². The zero-order chi connectivity index (χ0) is 12.3. The van der Waals surface area contributed by atoms with Gasteiger partial charge >= 0.3 is 0 Å². The van der Waals surface area contributed by atoms with Crippen molar-refractivity contribution in [3.05, 3.63) is 29.0 Å². The van der Waals surface area contributed by atoms with E-state index in [1.54, 1.807) is 11.0 Å². The highest BCUT2D eigenvalue weighted by atomic mass is 35.5. The standard InChI is InChI=1S/C11H12ClN3O2/c12-8-3-4-13-9(6-8)11(17)15-5-1-2-10(15)14-7-16/h3-4,6-7,10H,1-2,5H2,(H,14,16). The SMILES string of the molecule is O=CNC1CCCN1C(=O)c1cc(Cl)ccn1. The topological polar surface area (TPSA) is 62.3 Å². The Kier molecular flexibility index (Phi) is 3.58. The Labute approximate surface area is 104 Å². The van der Waals surface area contributed by atoms with Crippen molar-refractivity contribution in [2.24, 2.45) is 0 Å². The van der Waals surface area contributed by atoms with Crippen LogP contribution in [-0.2, 0) is 4.79 Å². The highest BCUT2D eigenvalue weighted by molar-refractivity contribution is 6.30. The van der Waals surface area contributed by atoms with Gasteiger partial charge in [0.2, 0.25) is 6.41 Å². The minimum absolute atomic E-state index is 0.204. The molecular weight excluding hydrogens is 242 g/mol. The third kappa shape index (κ3) is 2.55. The number of hydrogen-bond donors (Lipinski definition) is 1. The van der Waals surface area contributed by atoms with Gasteiger partial charge in [-0.1, -0.05) is 11.6 Å². The molecular formula is C11H12ClN3O2. The Bertz CT molecular complexity index is 438. The molecule has 0 saturated carbocycles. The number of carbonyl (C=O) groups is 2. The number of hydrogen-bond acceptors (Lipinski definition) is 3. The third-order valence-electron chi connectivity index (χ3n) is 2.72. The number of pyridine rings is 1. The van der Waals surface area contributed by atoms with Gasteiger partial charge in [0, 0.05) is 17.8 Å². The van der Waals surface area contributed by atoms with E-state index in [1.807, 2.05) is 0 Å². The van der Waals surface area contributed by atoms with Crippen LogP contribution < -0.4 is 5.32 Å². The van der Waals surface area contributed by atoms with E-state index in [1.165, 1.54) is 12.3 Å². The lowest BCUT2D eigenvalue weighted by Gasteiger charge is -2.23. The van der Waals surface area contributed by atoms with Crippen molar-refractivity contribution in [1.82, 2.24) is 15.2 Å². The fourth-order valence-electron chi connectivity index (χ4n) is 1.93. The van der Waals surface area contributed by atoms with Crippen LogP contribution in [0.25, 0.3) is 0 Å². The van der Waals surface area contributed by atoms with Gasteiger partial charge in [0.15, 0.2) is 0 Å². The normalized spacial score (nSPS) is 19.1. The second-order valence-electron chi connectivity index (χ2n) is 3.80. The maximum absolute atomic E-state index is 12.1. The Morgan fingerprint density at radius 3 is 3.18 bits per heavy atom. The fraction of sp³-hybridized carbons (Fsp3) is 0.364. The van der Waals surface area contributed by atoms with Gasteiger partial charge in [0.1, 0.15) is 11.9 Å². The van der Waals surface area contributed by atoms with Gasteiger partial charge in [-0.05, 0) is 25.0 Å². The zero-order valence-electron chi connectivity index (χ0n) is 9.10. The van der Waals surface area contributed by atoms with E-state index in [0.29, 0.717) is 23.7 Å².